The van der Waals surface area contributed by atoms with Crippen molar-refractivity contribution in [3.05, 3.63) is 24.0 Å². The Labute approximate surface area is 85.2 Å². The molecule has 1 aromatic heterocycles. The van der Waals surface area contributed by atoms with Gasteiger partial charge in [0.15, 0.2) is 5.75 Å². The number of rotatable bonds is 3. The third-order valence-corrected chi connectivity index (χ3v) is 3.69. The molecule has 0 fully saturated rings. The molecule has 0 atom stereocenters. The Morgan fingerprint density at radius 3 is 2.85 bits per heavy atom. The van der Waals surface area contributed by atoms with Crippen molar-refractivity contribution >= 4 is 26.0 Å². The fourth-order valence-corrected chi connectivity index (χ4v) is 1.49. The molecule has 1 aromatic rings. The Morgan fingerprint density at radius 1 is 1.62 bits per heavy atom. The van der Waals surface area contributed by atoms with Gasteiger partial charge in [-0.1, -0.05) is 15.9 Å². The van der Waals surface area contributed by atoms with E-state index in [1.165, 1.54) is 0 Å². The third-order valence-electron chi connectivity index (χ3n) is 1.31. The molecule has 0 N–H and O–H groups in total. The van der Waals surface area contributed by atoms with Crippen molar-refractivity contribution in [2.45, 2.75) is 6.92 Å². The van der Waals surface area contributed by atoms with E-state index in [-0.39, 0.29) is 10.4 Å². The minimum absolute atomic E-state index is 0.228. The summed E-state index contributed by atoms with van der Waals surface area (Å²) in [6, 6.07) is 3.18. The van der Waals surface area contributed by atoms with Crippen LogP contribution in [0.4, 0.5) is 0 Å². The van der Waals surface area contributed by atoms with Crippen molar-refractivity contribution in [2.24, 2.45) is 0 Å². The van der Waals surface area contributed by atoms with Crippen molar-refractivity contribution < 1.29 is 12.6 Å². The first kappa shape index (κ1) is 10.5. The van der Waals surface area contributed by atoms with Gasteiger partial charge in [0.05, 0.1) is 5.69 Å². The lowest BCUT2D eigenvalue weighted by Crippen LogP contribution is -2.10. The van der Waals surface area contributed by atoms with Crippen LogP contribution < -0.4 is 4.18 Å². The first-order valence-corrected chi connectivity index (χ1v) is 6.15. The average molecular weight is 266 g/mol. The van der Waals surface area contributed by atoms with Gasteiger partial charge in [-0.25, -0.2) is 0 Å². The second kappa shape index (κ2) is 4.06. The normalized spacial score (nSPS) is 11.2. The Balaban J connectivity index is 2.93. The fourth-order valence-electron chi connectivity index (χ4n) is 0.717. The lowest BCUT2D eigenvalue weighted by atomic mass is 10.3. The molecule has 0 aliphatic heterocycles. The van der Waals surface area contributed by atoms with Gasteiger partial charge in [0, 0.05) is 6.20 Å². The molecule has 72 valence electrons. The number of halogens is 1. The summed E-state index contributed by atoms with van der Waals surface area (Å²) >= 11 is 2.82. The molecule has 13 heavy (non-hydrogen) atoms. The van der Waals surface area contributed by atoms with Crippen LogP contribution >= 0.6 is 15.9 Å². The van der Waals surface area contributed by atoms with Gasteiger partial charge in [0.25, 0.3) is 0 Å². The summed E-state index contributed by atoms with van der Waals surface area (Å²) in [6.07, 6.45) is 1.57. The zero-order valence-electron chi connectivity index (χ0n) is 6.90. The van der Waals surface area contributed by atoms with Gasteiger partial charge in [-0.3, -0.25) is 4.98 Å². The SMILES string of the molecule is Cc1ncccc1OS(=O)(=O)CBr. The number of nitrogens with zero attached hydrogens (tertiary/aromatic N) is 1. The second-order valence-corrected chi connectivity index (χ2v) is 5.21. The largest absolute Gasteiger partial charge is 0.380 e. The Morgan fingerprint density at radius 2 is 2.31 bits per heavy atom. The number of alkyl halides is 1. The Bertz CT molecular complexity index is 390. The monoisotopic (exact) mass is 265 g/mol. The Kier molecular flexibility index (Phi) is 3.27. The molecule has 0 bridgehead atoms. The first-order valence-electron chi connectivity index (χ1n) is 3.45. The zero-order valence-corrected chi connectivity index (χ0v) is 9.30. The number of pyridine rings is 1. The molecule has 0 aromatic carbocycles. The summed E-state index contributed by atoms with van der Waals surface area (Å²) in [5, 5.41) is 0. The van der Waals surface area contributed by atoms with Crippen molar-refractivity contribution in [3.8, 4) is 5.75 Å². The lowest BCUT2D eigenvalue weighted by molar-refractivity contribution is 0.488. The van der Waals surface area contributed by atoms with Gasteiger partial charge in [0.1, 0.15) is 4.66 Å². The summed E-state index contributed by atoms with van der Waals surface area (Å²) in [6.45, 7) is 1.68. The van der Waals surface area contributed by atoms with Crippen LogP contribution in [0, 0.1) is 6.92 Å². The van der Waals surface area contributed by atoms with Gasteiger partial charge < -0.3 is 4.18 Å². The van der Waals surface area contributed by atoms with Crippen LogP contribution in [0.5, 0.6) is 5.75 Å². The highest BCUT2D eigenvalue weighted by Crippen LogP contribution is 2.16. The van der Waals surface area contributed by atoms with E-state index in [1.807, 2.05) is 0 Å². The van der Waals surface area contributed by atoms with Gasteiger partial charge >= 0.3 is 10.1 Å². The minimum atomic E-state index is -3.52. The second-order valence-electron chi connectivity index (χ2n) is 2.34. The van der Waals surface area contributed by atoms with Crippen LogP contribution in [0.15, 0.2) is 18.3 Å². The molecule has 0 aliphatic rings. The zero-order chi connectivity index (χ0) is 9.90. The molecule has 0 radical (unpaired) electrons. The van der Waals surface area contributed by atoms with Crippen LogP contribution in [-0.2, 0) is 10.1 Å². The van der Waals surface area contributed by atoms with Crippen molar-refractivity contribution in [1.82, 2.24) is 4.98 Å². The number of hydrogen-bond acceptors (Lipinski definition) is 4. The maximum absolute atomic E-state index is 11.0. The quantitative estimate of drug-likeness (QED) is 0.613. The number of hydrogen-bond donors (Lipinski definition) is 0. The molecule has 0 aliphatic carbocycles. The highest BCUT2D eigenvalue weighted by atomic mass is 79.9. The molecule has 0 amide bonds. The van der Waals surface area contributed by atoms with E-state index in [0.717, 1.165) is 0 Å². The maximum atomic E-state index is 11.0. The smallest absolute Gasteiger partial charge is 0.319 e. The van der Waals surface area contributed by atoms with Crippen LogP contribution in [0.1, 0.15) is 5.69 Å². The predicted molar refractivity (Wildman–Crippen MR) is 52.3 cm³/mol. The summed E-state index contributed by atoms with van der Waals surface area (Å²) in [5.74, 6) is 0.266. The maximum Gasteiger partial charge on any atom is 0.319 e. The van der Waals surface area contributed by atoms with E-state index in [4.69, 9.17) is 4.18 Å². The lowest BCUT2D eigenvalue weighted by Gasteiger charge is -2.05. The van der Waals surface area contributed by atoms with E-state index in [0.29, 0.717) is 5.69 Å². The summed E-state index contributed by atoms with van der Waals surface area (Å²) < 4.78 is 26.6. The Hall–Kier alpha value is -0.620. The van der Waals surface area contributed by atoms with E-state index >= 15 is 0 Å². The molecule has 1 rings (SSSR count). The molecule has 1 heterocycles. The van der Waals surface area contributed by atoms with Gasteiger partial charge in [0.2, 0.25) is 0 Å². The van der Waals surface area contributed by atoms with E-state index in [1.54, 1.807) is 25.3 Å². The predicted octanol–water partition coefficient (Wildman–Crippen LogP) is 1.45. The van der Waals surface area contributed by atoms with E-state index < -0.39 is 10.1 Å². The molecule has 0 saturated heterocycles. The molecule has 0 saturated carbocycles. The standard InChI is InChI=1S/C7H8BrNO3S/c1-6-7(3-2-4-9-6)12-13(10,11)5-8/h2-4H,5H2,1H3. The topological polar surface area (TPSA) is 56.3 Å². The van der Waals surface area contributed by atoms with Crippen molar-refractivity contribution in [2.75, 3.05) is 4.66 Å². The highest BCUT2D eigenvalue weighted by Gasteiger charge is 2.11. The average Bonchev–Trinajstić information content (AvgIpc) is 2.09. The third kappa shape index (κ3) is 2.96. The fraction of sp³-hybridized carbons (Fsp3) is 0.286. The highest BCUT2D eigenvalue weighted by molar-refractivity contribution is 9.10. The molecule has 0 spiro atoms. The molecular weight excluding hydrogens is 258 g/mol. The van der Waals surface area contributed by atoms with Crippen LogP contribution in [0.3, 0.4) is 0 Å². The number of aryl methyl sites for hydroxylation is 1. The van der Waals surface area contributed by atoms with E-state index in [2.05, 4.69) is 20.9 Å². The van der Waals surface area contributed by atoms with Gasteiger partial charge in [-0.15, -0.1) is 0 Å². The van der Waals surface area contributed by atoms with Gasteiger partial charge in [-0.05, 0) is 19.1 Å². The first-order chi connectivity index (χ1) is 6.05. The van der Waals surface area contributed by atoms with Gasteiger partial charge in [-0.2, -0.15) is 8.42 Å². The minimum Gasteiger partial charge on any atom is -0.380 e. The molecule has 0 unspecified atom stereocenters. The summed E-state index contributed by atoms with van der Waals surface area (Å²) in [7, 11) is -3.52. The van der Waals surface area contributed by atoms with Crippen LogP contribution in [-0.4, -0.2) is 18.1 Å². The van der Waals surface area contributed by atoms with Crippen molar-refractivity contribution in [3.63, 3.8) is 0 Å². The van der Waals surface area contributed by atoms with E-state index in [9.17, 15) is 8.42 Å². The van der Waals surface area contributed by atoms with Crippen LogP contribution in [0.2, 0.25) is 0 Å². The molecule has 4 nitrogen and oxygen atoms in total. The molecule has 6 heteroatoms. The van der Waals surface area contributed by atoms with Crippen molar-refractivity contribution in [1.29, 1.82) is 0 Å². The summed E-state index contributed by atoms with van der Waals surface area (Å²) in [4.78, 5) is 3.89. The molecular formula is C7H8BrNO3S. The summed E-state index contributed by atoms with van der Waals surface area (Å²) in [5.41, 5.74) is 0.548. The number of aromatic nitrogens is 1. The van der Waals surface area contributed by atoms with Crippen LogP contribution in [0.25, 0.3) is 0 Å².